The molecule has 9 heteroatoms. The number of nitro groups is 1. The van der Waals surface area contributed by atoms with Crippen molar-refractivity contribution in [3.63, 3.8) is 0 Å². The van der Waals surface area contributed by atoms with Crippen LogP contribution in [0.1, 0.15) is 10.4 Å². The van der Waals surface area contributed by atoms with Gasteiger partial charge in [-0.2, -0.15) is 0 Å². The highest BCUT2D eigenvalue weighted by Crippen LogP contribution is 2.27. The van der Waals surface area contributed by atoms with Crippen molar-refractivity contribution >= 4 is 52.3 Å². The minimum atomic E-state index is -0.695. The molecule has 2 rings (SSSR count). The van der Waals surface area contributed by atoms with Crippen LogP contribution in [0.2, 0.25) is 5.02 Å². The zero-order chi connectivity index (χ0) is 18.4. The van der Waals surface area contributed by atoms with Crippen molar-refractivity contribution in [1.29, 1.82) is 0 Å². The number of nitrogens with one attached hydrogen (secondary N) is 1. The van der Waals surface area contributed by atoms with E-state index in [1.807, 2.05) is 18.4 Å². The second-order valence-electron chi connectivity index (χ2n) is 4.88. The van der Waals surface area contributed by atoms with Crippen LogP contribution in [0.4, 0.5) is 11.4 Å². The van der Waals surface area contributed by atoms with Gasteiger partial charge in [0.05, 0.1) is 4.92 Å². The van der Waals surface area contributed by atoms with E-state index < -0.39 is 23.4 Å². The van der Waals surface area contributed by atoms with Gasteiger partial charge >= 0.3 is 5.97 Å². The minimum Gasteiger partial charge on any atom is -0.452 e. The molecule has 0 radical (unpaired) electrons. The molecule has 2 aromatic rings. The Kier molecular flexibility index (Phi) is 6.26. The fraction of sp³-hybridized carbons (Fsp3) is 0.125. The zero-order valence-corrected chi connectivity index (χ0v) is 14.6. The average Bonchev–Trinajstić information content (AvgIpc) is 2.97. The summed E-state index contributed by atoms with van der Waals surface area (Å²) in [7, 11) is 0. The molecular formula is C16H13ClN2O5S. The van der Waals surface area contributed by atoms with Gasteiger partial charge in [0.1, 0.15) is 5.69 Å². The number of amides is 1. The van der Waals surface area contributed by atoms with E-state index in [1.54, 1.807) is 6.08 Å². The number of esters is 1. The van der Waals surface area contributed by atoms with Gasteiger partial charge in [-0.25, -0.2) is 4.79 Å². The monoisotopic (exact) mass is 380 g/mol. The van der Waals surface area contributed by atoms with Crippen LogP contribution in [-0.2, 0) is 14.3 Å². The number of hydrogen-bond acceptors (Lipinski definition) is 6. The number of carbonyl (C=O) groups is 2. The summed E-state index contributed by atoms with van der Waals surface area (Å²) in [6, 6.07) is 5.75. The van der Waals surface area contributed by atoms with Crippen LogP contribution >= 0.6 is 22.9 Å². The Labute approximate surface area is 152 Å². The maximum absolute atomic E-state index is 11.8. The van der Waals surface area contributed by atoms with E-state index >= 15 is 0 Å². The number of halogens is 1. The largest absolute Gasteiger partial charge is 0.452 e. The summed E-state index contributed by atoms with van der Waals surface area (Å²) in [5.41, 5.74) is 0.655. The summed E-state index contributed by atoms with van der Waals surface area (Å²) in [4.78, 5) is 34.6. The zero-order valence-electron chi connectivity index (χ0n) is 13.0. The van der Waals surface area contributed by atoms with Crippen LogP contribution in [0, 0.1) is 17.0 Å². The third kappa shape index (κ3) is 5.40. The predicted molar refractivity (Wildman–Crippen MR) is 95.8 cm³/mol. The molecule has 7 nitrogen and oxygen atoms in total. The molecule has 0 atom stereocenters. The van der Waals surface area contributed by atoms with Gasteiger partial charge in [-0.3, -0.25) is 14.9 Å². The molecule has 130 valence electrons. The molecule has 1 aromatic carbocycles. The highest BCUT2D eigenvalue weighted by atomic mass is 35.5. The van der Waals surface area contributed by atoms with E-state index in [2.05, 4.69) is 5.32 Å². The number of nitrogens with zero attached hydrogens (tertiary/aromatic N) is 1. The van der Waals surface area contributed by atoms with E-state index in [0.717, 1.165) is 16.5 Å². The number of thiophene rings is 1. The van der Waals surface area contributed by atoms with Crippen LogP contribution in [0.3, 0.4) is 0 Å². The Morgan fingerprint density at radius 2 is 2.16 bits per heavy atom. The molecule has 0 unspecified atom stereocenters. The SMILES string of the molecule is Cc1ccsc1/C=C/C(=O)OCC(=O)Nc1ccc(Cl)cc1[N+](=O)[O-]. The lowest BCUT2D eigenvalue weighted by atomic mass is 10.2. The summed E-state index contributed by atoms with van der Waals surface area (Å²) in [6.45, 7) is 1.35. The van der Waals surface area contributed by atoms with Crippen molar-refractivity contribution < 1.29 is 19.2 Å². The molecule has 1 amide bonds. The van der Waals surface area contributed by atoms with E-state index in [4.69, 9.17) is 16.3 Å². The topological polar surface area (TPSA) is 98.5 Å². The molecule has 0 spiro atoms. The Morgan fingerprint density at radius 3 is 2.80 bits per heavy atom. The van der Waals surface area contributed by atoms with Gasteiger partial charge in [-0.1, -0.05) is 11.6 Å². The summed E-state index contributed by atoms with van der Waals surface area (Å²) in [6.07, 6.45) is 2.82. The highest BCUT2D eigenvalue weighted by molar-refractivity contribution is 7.11. The van der Waals surface area contributed by atoms with Crippen LogP contribution in [0.5, 0.6) is 0 Å². The van der Waals surface area contributed by atoms with E-state index in [-0.39, 0.29) is 16.4 Å². The molecule has 0 saturated heterocycles. The maximum atomic E-state index is 11.8. The second-order valence-corrected chi connectivity index (χ2v) is 6.26. The van der Waals surface area contributed by atoms with Gasteiger partial charge in [0, 0.05) is 22.0 Å². The number of nitro benzene ring substituents is 1. The summed E-state index contributed by atoms with van der Waals surface area (Å²) in [5, 5.41) is 15.3. The van der Waals surface area contributed by atoms with Crippen LogP contribution in [-0.4, -0.2) is 23.4 Å². The molecule has 1 heterocycles. The number of anilines is 1. The lowest BCUT2D eigenvalue weighted by Gasteiger charge is -2.06. The second kappa shape index (κ2) is 8.41. The maximum Gasteiger partial charge on any atom is 0.331 e. The minimum absolute atomic E-state index is 0.0276. The highest BCUT2D eigenvalue weighted by Gasteiger charge is 2.17. The first-order chi connectivity index (χ1) is 11.9. The number of benzene rings is 1. The molecule has 0 aliphatic heterocycles. The lowest BCUT2D eigenvalue weighted by molar-refractivity contribution is -0.383. The molecule has 1 N–H and O–H groups in total. The third-order valence-electron chi connectivity index (χ3n) is 3.05. The molecule has 0 bridgehead atoms. The van der Waals surface area contributed by atoms with Gasteiger partial charge in [0.2, 0.25) is 0 Å². The fourth-order valence-corrected chi connectivity index (χ4v) is 2.82. The van der Waals surface area contributed by atoms with Crippen molar-refractivity contribution in [2.24, 2.45) is 0 Å². The summed E-state index contributed by atoms with van der Waals surface area (Å²) in [5.74, 6) is -1.38. The van der Waals surface area contributed by atoms with E-state index in [1.165, 1.54) is 29.5 Å². The summed E-state index contributed by atoms with van der Waals surface area (Å²) < 4.78 is 4.81. The predicted octanol–water partition coefficient (Wildman–Crippen LogP) is 3.81. The van der Waals surface area contributed by atoms with Crippen molar-refractivity contribution in [2.45, 2.75) is 6.92 Å². The van der Waals surface area contributed by atoms with Gasteiger partial charge in [-0.05, 0) is 42.1 Å². The average molecular weight is 381 g/mol. The number of carbonyl (C=O) groups excluding carboxylic acids is 2. The van der Waals surface area contributed by atoms with Crippen molar-refractivity contribution in [1.82, 2.24) is 0 Å². The first kappa shape index (κ1) is 18.6. The molecule has 25 heavy (non-hydrogen) atoms. The molecule has 1 aromatic heterocycles. The number of ether oxygens (including phenoxy) is 1. The summed E-state index contributed by atoms with van der Waals surface area (Å²) >= 11 is 7.17. The Hall–Kier alpha value is -2.71. The Balaban J connectivity index is 1.91. The standard InChI is InChI=1S/C16H13ClN2O5S/c1-10-6-7-25-14(10)4-5-16(21)24-9-15(20)18-12-3-2-11(17)8-13(12)19(22)23/h2-8H,9H2,1H3,(H,18,20)/b5-4+. The van der Waals surface area contributed by atoms with Crippen molar-refractivity contribution in [3.8, 4) is 0 Å². The normalized spacial score (nSPS) is 10.6. The molecule has 0 aliphatic carbocycles. The lowest BCUT2D eigenvalue weighted by Crippen LogP contribution is -2.20. The Morgan fingerprint density at radius 1 is 1.40 bits per heavy atom. The smallest absolute Gasteiger partial charge is 0.331 e. The van der Waals surface area contributed by atoms with Gasteiger partial charge < -0.3 is 10.1 Å². The van der Waals surface area contributed by atoms with E-state index in [0.29, 0.717) is 0 Å². The molecule has 0 saturated carbocycles. The third-order valence-corrected chi connectivity index (χ3v) is 4.27. The quantitative estimate of drug-likeness (QED) is 0.355. The number of aryl methyl sites for hydroxylation is 1. The molecule has 0 aliphatic rings. The van der Waals surface area contributed by atoms with Gasteiger partial charge in [0.25, 0.3) is 11.6 Å². The van der Waals surface area contributed by atoms with Crippen LogP contribution < -0.4 is 5.32 Å². The molecular weight excluding hydrogens is 368 g/mol. The van der Waals surface area contributed by atoms with Crippen molar-refractivity contribution in [2.75, 3.05) is 11.9 Å². The fourth-order valence-electron chi connectivity index (χ4n) is 1.83. The van der Waals surface area contributed by atoms with Gasteiger partial charge in [-0.15, -0.1) is 11.3 Å². The van der Waals surface area contributed by atoms with Crippen molar-refractivity contribution in [3.05, 3.63) is 61.3 Å². The number of rotatable bonds is 6. The van der Waals surface area contributed by atoms with Crippen LogP contribution in [0.15, 0.2) is 35.7 Å². The van der Waals surface area contributed by atoms with Crippen LogP contribution in [0.25, 0.3) is 6.08 Å². The first-order valence-corrected chi connectivity index (χ1v) is 8.25. The molecule has 0 fully saturated rings. The Bertz CT molecular complexity index is 847. The van der Waals surface area contributed by atoms with Gasteiger partial charge in [0.15, 0.2) is 6.61 Å². The first-order valence-electron chi connectivity index (χ1n) is 6.99. The number of hydrogen-bond donors (Lipinski definition) is 1. The van der Waals surface area contributed by atoms with E-state index in [9.17, 15) is 19.7 Å².